The number of rotatable bonds is 2. The van der Waals surface area contributed by atoms with Crippen LogP contribution in [0.4, 0.5) is 0 Å². The number of fused-ring (bicyclic) bond motifs is 1. The minimum Gasteiger partial charge on any atom is -0.478 e. The number of benzene rings is 1. The molecular formula is C10H9ClN2O2. The van der Waals surface area contributed by atoms with Crippen molar-refractivity contribution in [3.05, 3.63) is 28.9 Å². The molecule has 1 N–H and O–H groups in total. The summed E-state index contributed by atoms with van der Waals surface area (Å²) in [4.78, 5) is 10.9. The summed E-state index contributed by atoms with van der Waals surface area (Å²) in [6.45, 7) is 2.52. The Balaban J connectivity index is 2.81. The van der Waals surface area contributed by atoms with Crippen LogP contribution >= 0.6 is 11.6 Å². The van der Waals surface area contributed by atoms with Gasteiger partial charge in [0.1, 0.15) is 10.7 Å². The first-order chi connectivity index (χ1) is 7.15. The largest absolute Gasteiger partial charge is 0.478 e. The highest BCUT2D eigenvalue weighted by atomic mass is 35.5. The van der Waals surface area contributed by atoms with Crippen molar-refractivity contribution in [2.75, 3.05) is 0 Å². The molecule has 15 heavy (non-hydrogen) atoms. The van der Waals surface area contributed by atoms with Crippen LogP contribution in [-0.4, -0.2) is 20.9 Å². The number of hydrogen-bond acceptors (Lipinski definition) is 2. The second-order valence-electron chi connectivity index (χ2n) is 3.11. The van der Waals surface area contributed by atoms with Gasteiger partial charge in [-0.3, -0.25) is 4.68 Å². The van der Waals surface area contributed by atoms with E-state index in [0.717, 1.165) is 0 Å². The number of halogens is 1. The van der Waals surface area contributed by atoms with E-state index < -0.39 is 5.97 Å². The van der Waals surface area contributed by atoms with Crippen molar-refractivity contribution in [3.8, 4) is 0 Å². The van der Waals surface area contributed by atoms with E-state index in [1.54, 1.807) is 16.8 Å². The predicted octanol–water partition coefficient (Wildman–Crippen LogP) is 2.41. The van der Waals surface area contributed by atoms with Crippen LogP contribution in [0.1, 0.15) is 17.3 Å². The van der Waals surface area contributed by atoms with E-state index in [4.69, 9.17) is 16.7 Å². The predicted molar refractivity (Wildman–Crippen MR) is 57.4 cm³/mol. The van der Waals surface area contributed by atoms with Crippen molar-refractivity contribution >= 4 is 28.5 Å². The molecule has 0 amide bonds. The Bertz CT molecular complexity index is 533. The van der Waals surface area contributed by atoms with E-state index in [-0.39, 0.29) is 5.56 Å². The molecule has 2 aromatic rings. The Morgan fingerprint density at radius 3 is 2.93 bits per heavy atom. The molecule has 0 aliphatic carbocycles. The third-order valence-electron chi connectivity index (χ3n) is 2.24. The molecule has 0 saturated carbocycles. The van der Waals surface area contributed by atoms with Crippen molar-refractivity contribution in [1.82, 2.24) is 9.78 Å². The van der Waals surface area contributed by atoms with Gasteiger partial charge in [0.15, 0.2) is 0 Å². The molecule has 0 aliphatic rings. The molecule has 1 aromatic heterocycles. The first-order valence-corrected chi connectivity index (χ1v) is 4.91. The van der Waals surface area contributed by atoms with Crippen molar-refractivity contribution in [3.63, 3.8) is 0 Å². The van der Waals surface area contributed by atoms with E-state index >= 15 is 0 Å². The lowest BCUT2D eigenvalue weighted by atomic mass is 10.1. The Hall–Kier alpha value is -1.55. The maximum Gasteiger partial charge on any atom is 0.337 e. The minimum atomic E-state index is -0.988. The smallest absolute Gasteiger partial charge is 0.337 e. The van der Waals surface area contributed by atoms with Gasteiger partial charge in [0.2, 0.25) is 0 Å². The Kier molecular flexibility index (Phi) is 2.36. The highest BCUT2D eigenvalue weighted by Crippen LogP contribution is 2.25. The van der Waals surface area contributed by atoms with Gasteiger partial charge in [0.25, 0.3) is 0 Å². The quantitative estimate of drug-likeness (QED) is 0.852. The normalized spacial score (nSPS) is 10.8. The Morgan fingerprint density at radius 2 is 2.33 bits per heavy atom. The lowest BCUT2D eigenvalue weighted by Gasteiger charge is -1.93. The van der Waals surface area contributed by atoms with Crippen molar-refractivity contribution < 1.29 is 9.90 Å². The number of aryl methyl sites for hydroxylation is 1. The zero-order valence-electron chi connectivity index (χ0n) is 8.07. The Labute approximate surface area is 91.1 Å². The molecule has 0 spiro atoms. The van der Waals surface area contributed by atoms with Gasteiger partial charge in [-0.05, 0) is 19.1 Å². The fraction of sp³-hybridized carbons (Fsp3) is 0.200. The monoisotopic (exact) mass is 224 g/mol. The van der Waals surface area contributed by atoms with Gasteiger partial charge in [-0.2, -0.15) is 5.10 Å². The number of nitrogens with zero attached hydrogens (tertiary/aromatic N) is 2. The molecule has 1 aromatic carbocycles. The van der Waals surface area contributed by atoms with Crippen LogP contribution < -0.4 is 0 Å². The maximum atomic E-state index is 10.9. The summed E-state index contributed by atoms with van der Waals surface area (Å²) in [7, 11) is 0. The standard InChI is InChI=1S/C10H9ClN2O2/c1-2-13-9(11)6-4-3-5-7(10(14)15)8(6)12-13/h3-5H,2H2,1H3,(H,14,15). The number of carboxylic acid groups (broad SMARTS) is 1. The van der Waals surface area contributed by atoms with Crippen LogP contribution in [0.3, 0.4) is 0 Å². The molecule has 5 heteroatoms. The minimum absolute atomic E-state index is 0.182. The zero-order valence-corrected chi connectivity index (χ0v) is 8.82. The molecule has 0 unspecified atom stereocenters. The number of aromatic nitrogens is 2. The van der Waals surface area contributed by atoms with E-state index in [2.05, 4.69) is 5.10 Å². The van der Waals surface area contributed by atoms with E-state index in [1.165, 1.54) is 6.07 Å². The van der Waals surface area contributed by atoms with Crippen LogP contribution in [0.2, 0.25) is 5.15 Å². The second kappa shape index (κ2) is 3.55. The molecule has 0 fully saturated rings. The van der Waals surface area contributed by atoms with E-state index in [0.29, 0.717) is 22.6 Å². The maximum absolute atomic E-state index is 10.9. The molecule has 78 valence electrons. The van der Waals surface area contributed by atoms with Crippen LogP contribution in [0.25, 0.3) is 10.9 Å². The molecule has 0 radical (unpaired) electrons. The highest BCUT2D eigenvalue weighted by molar-refractivity contribution is 6.34. The molecule has 1 heterocycles. The van der Waals surface area contributed by atoms with Crippen LogP contribution in [0, 0.1) is 0 Å². The summed E-state index contributed by atoms with van der Waals surface area (Å²) in [6.07, 6.45) is 0. The van der Waals surface area contributed by atoms with Gasteiger partial charge in [-0.15, -0.1) is 0 Å². The number of carbonyl (C=O) groups is 1. The third kappa shape index (κ3) is 1.47. The fourth-order valence-electron chi connectivity index (χ4n) is 1.50. The van der Waals surface area contributed by atoms with E-state index in [9.17, 15) is 4.79 Å². The van der Waals surface area contributed by atoms with E-state index in [1.807, 2.05) is 6.92 Å². The first kappa shape index (κ1) is 9.98. The number of carboxylic acids is 1. The summed E-state index contributed by atoms with van der Waals surface area (Å²) >= 11 is 6.04. The lowest BCUT2D eigenvalue weighted by molar-refractivity contribution is 0.0699. The third-order valence-corrected chi connectivity index (χ3v) is 2.63. The summed E-state index contributed by atoms with van der Waals surface area (Å²) in [6, 6.07) is 4.95. The average Bonchev–Trinajstić information content (AvgIpc) is 2.55. The van der Waals surface area contributed by atoms with Crippen LogP contribution in [0.15, 0.2) is 18.2 Å². The first-order valence-electron chi connectivity index (χ1n) is 4.53. The second-order valence-corrected chi connectivity index (χ2v) is 3.47. The van der Waals surface area contributed by atoms with Gasteiger partial charge in [0, 0.05) is 11.9 Å². The fourth-order valence-corrected chi connectivity index (χ4v) is 1.81. The summed E-state index contributed by atoms with van der Waals surface area (Å²) in [5.41, 5.74) is 0.624. The van der Waals surface area contributed by atoms with Crippen molar-refractivity contribution in [1.29, 1.82) is 0 Å². The molecule has 2 rings (SSSR count). The van der Waals surface area contributed by atoms with Crippen LogP contribution in [0.5, 0.6) is 0 Å². The summed E-state index contributed by atoms with van der Waals surface area (Å²) in [5, 5.41) is 14.3. The number of hydrogen-bond donors (Lipinski definition) is 1. The van der Waals surface area contributed by atoms with Crippen molar-refractivity contribution in [2.45, 2.75) is 13.5 Å². The molecule has 0 bridgehead atoms. The van der Waals surface area contributed by atoms with Crippen LogP contribution in [-0.2, 0) is 6.54 Å². The molecule has 4 nitrogen and oxygen atoms in total. The topological polar surface area (TPSA) is 55.1 Å². The van der Waals surface area contributed by atoms with Crippen molar-refractivity contribution in [2.24, 2.45) is 0 Å². The zero-order chi connectivity index (χ0) is 11.0. The molecule has 0 aliphatic heterocycles. The lowest BCUT2D eigenvalue weighted by Crippen LogP contribution is -1.99. The van der Waals surface area contributed by atoms with Gasteiger partial charge >= 0.3 is 5.97 Å². The Morgan fingerprint density at radius 1 is 1.60 bits per heavy atom. The average molecular weight is 225 g/mol. The number of aromatic carboxylic acids is 1. The van der Waals surface area contributed by atoms with Gasteiger partial charge in [-0.25, -0.2) is 4.79 Å². The van der Waals surface area contributed by atoms with Gasteiger partial charge < -0.3 is 5.11 Å². The summed E-state index contributed by atoms with van der Waals surface area (Å²) < 4.78 is 1.58. The molecular weight excluding hydrogens is 216 g/mol. The SMILES string of the molecule is CCn1nc2c(C(=O)O)cccc2c1Cl. The highest BCUT2D eigenvalue weighted by Gasteiger charge is 2.14. The van der Waals surface area contributed by atoms with Gasteiger partial charge in [-0.1, -0.05) is 17.7 Å². The molecule has 0 atom stereocenters. The van der Waals surface area contributed by atoms with Gasteiger partial charge in [0.05, 0.1) is 5.56 Å². The summed E-state index contributed by atoms with van der Waals surface area (Å²) in [5.74, 6) is -0.988. The molecule has 0 saturated heterocycles.